The van der Waals surface area contributed by atoms with E-state index in [0.717, 1.165) is 27.0 Å². The van der Waals surface area contributed by atoms with E-state index in [1.165, 1.54) is 0 Å². The highest BCUT2D eigenvalue weighted by molar-refractivity contribution is 9.10. The maximum absolute atomic E-state index is 12.2. The van der Waals surface area contributed by atoms with Crippen LogP contribution in [0, 0.1) is 6.92 Å². The molecule has 0 aliphatic rings. The van der Waals surface area contributed by atoms with E-state index in [1.807, 2.05) is 61.3 Å². The zero-order valence-electron chi connectivity index (χ0n) is 13.6. The quantitative estimate of drug-likeness (QED) is 0.832. The van der Waals surface area contributed by atoms with Crippen LogP contribution in [0.4, 0.5) is 5.69 Å². The van der Waals surface area contributed by atoms with Crippen LogP contribution in [-0.2, 0) is 11.3 Å². The van der Waals surface area contributed by atoms with Crippen molar-refractivity contribution >= 4 is 27.5 Å². The van der Waals surface area contributed by atoms with Gasteiger partial charge in [-0.1, -0.05) is 34.1 Å². The summed E-state index contributed by atoms with van der Waals surface area (Å²) >= 11 is 3.47. The third-order valence-electron chi connectivity index (χ3n) is 3.52. The van der Waals surface area contributed by atoms with E-state index in [-0.39, 0.29) is 5.91 Å². The standard InChI is InChI=1S/C18H21BrN2O2/c1-13-6-4-5-7-16(13)20-18(22)12-21(2)11-14-10-15(19)8-9-17(14)23-3/h4-10H,11-12H2,1-3H3,(H,20,22). The van der Waals surface area contributed by atoms with Gasteiger partial charge >= 0.3 is 0 Å². The Balaban J connectivity index is 1.97. The Hall–Kier alpha value is -1.85. The van der Waals surface area contributed by atoms with E-state index in [9.17, 15) is 4.79 Å². The number of likely N-dealkylation sites (N-methyl/N-ethyl adjacent to an activating group) is 1. The molecule has 0 unspecified atom stereocenters. The number of nitrogens with one attached hydrogen (secondary N) is 1. The molecule has 4 nitrogen and oxygen atoms in total. The number of para-hydroxylation sites is 1. The maximum Gasteiger partial charge on any atom is 0.238 e. The first-order valence-electron chi connectivity index (χ1n) is 7.36. The molecule has 0 aliphatic heterocycles. The molecule has 0 bridgehead atoms. The van der Waals surface area contributed by atoms with E-state index < -0.39 is 0 Å². The molecule has 1 N–H and O–H groups in total. The van der Waals surface area contributed by atoms with Gasteiger partial charge in [0.15, 0.2) is 0 Å². The fourth-order valence-electron chi connectivity index (χ4n) is 2.37. The lowest BCUT2D eigenvalue weighted by molar-refractivity contribution is -0.117. The molecule has 0 fully saturated rings. The molecule has 122 valence electrons. The average Bonchev–Trinajstić information content (AvgIpc) is 2.49. The molecule has 0 radical (unpaired) electrons. The molecule has 23 heavy (non-hydrogen) atoms. The summed E-state index contributed by atoms with van der Waals surface area (Å²) in [5, 5.41) is 2.95. The zero-order valence-corrected chi connectivity index (χ0v) is 15.2. The summed E-state index contributed by atoms with van der Waals surface area (Å²) in [5.41, 5.74) is 2.94. The van der Waals surface area contributed by atoms with Gasteiger partial charge in [0, 0.05) is 22.3 Å². The number of carbonyl (C=O) groups excluding carboxylic acids is 1. The topological polar surface area (TPSA) is 41.6 Å². The molecule has 2 aromatic carbocycles. The third-order valence-corrected chi connectivity index (χ3v) is 4.01. The van der Waals surface area contributed by atoms with Crippen molar-refractivity contribution in [3.63, 3.8) is 0 Å². The van der Waals surface area contributed by atoms with Gasteiger partial charge in [0.05, 0.1) is 13.7 Å². The molecule has 2 aromatic rings. The molecular formula is C18H21BrN2O2. The van der Waals surface area contributed by atoms with E-state index in [4.69, 9.17) is 4.74 Å². The van der Waals surface area contributed by atoms with Crippen LogP contribution in [0.1, 0.15) is 11.1 Å². The number of halogens is 1. The minimum atomic E-state index is -0.0317. The van der Waals surface area contributed by atoms with Crippen molar-refractivity contribution in [2.75, 3.05) is 26.0 Å². The van der Waals surface area contributed by atoms with E-state index >= 15 is 0 Å². The third kappa shape index (κ3) is 5.08. The first-order valence-corrected chi connectivity index (χ1v) is 8.15. The van der Waals surface area contributed by atoms with Crippen molar-refractivity contribution in [1.82, 2.24) is 4.90 Å². The first-order chi connectivity index (χ1) is 11.0. The van der Waals surface area contributed by atoms with Gasteiger partial charge in [0.1, 0.15) is 5.75 Å². The largest absolute Gasteiger partial charge is 0.496 e. The monoisotopic (exact) mass is 376 g/mol. The lowest BCUT2D eigenvalue weighted by atomic mass is 10.2. The molecule has 2 rings (SSSR count). The number of carbonyl (C=O) groups is 1. The van der Waals surface area contributed by atoms with Crippen LogP contribution in [0.5, 0.6) is 5.75 Å². The normalized spacial score (nSPS) is 10.7. The van der Waals surface area contributed by atoms with Gasteiger partial charge < -0.3 is 10.1 Å². The Morgan fingerprint density at radius 1 is 1.26 bits per heavy atom. The van der Waals surface area contributed by atoms with Gasteiger partial charge in [-0.05, 0) is 43.8 Å². The number of nitrogens with zero attached hydrogens (tertiary/aromatic N) is 1. The minimum Gasteiger partial charge on any atom is -0.496 e. The van der Waals surface area contributed by atoms with Crippen molar-refractivity contribution in [3.05, 3.63) is 58.1 Å². The van der Waals surface area contributed by atoms with Gasteiger partial charge in [0.25, 0.3) is 0 Å². The number of benzene rings is 2. The van der Waals surface area contributed by atoms with Gasteiger partial charge in [-0.15, -0.1) is 0 Å². The highest BCUT2D eigenvalue weighted by Crippen LogP contribution is 2.24. The van der Waals surface area contributed by atoms with Crippen LogP contribution >= 0.6 is 15.9 Å². The number of aryl methyl sites for hydroxylation is 1. The molecule has 0 atom stereocenters. The predicted molar refractivity (Wildman–Crippen MR) is 96.8 cm³/mol. The summed E-state index contributed by atoms with van der Waals surface area (Å²) in [4.78, 5) is 14.1. The number of rotatable bonds is 6. The van der Waals surface area contributed by atoms with E-state index in [0.29, 0.717) is 13.1 Å². The Morgan fingerprint density at radius 2 is 2.00 bits per heavy atom. The SMILES string of the molecule is COc1ccc(Br)cc1CN(C)CC(=O)Nc1ccccc1C. The Labute approximate surface area is 145 Å². The molecular weight excluding hydrogens is 356 g/mol. The lowest BCUT2D eigenvalue weighted by Gasteiger charge is -2.18. The van der Waals surface area contributed by atoms with E-state index in [1.54, 1.807) is 7.11 Å². The first kappa shape index (κ1) is 17.5. The molecule has 0 spiro atoms. The Bertz CT molecular complexity index is 688. The molecule has 1 amide bonds. The van der Waals surface area contributed by atoms with Crippen LogP contribution in [0.3, 0.4) is 0 Å². The fourth-order valence-corrected chi connectivity index (χ4v) is 2.77. The van der Waals surface area contributed by atoms with Crippen LogP contribution in [0.15, 0.2) is 46.9 Å². The number of amides is 1. The number of hydrogen-bond acceptors (Lipinski definition) is 3. The van der Waals surface area contributed by atoms with Gasteiger partial charge in [-0.25, -0.2) is 0 Å². The summed E-state index contributed by atoms with van der Waals surface area (Å²) in [6.45, 7) is 2.92. The van der Waals surface area contributed by atoms with Crippen molar-refractivity contribution in [2.24, 2.45) is 0 Å². The summed E-state index contributed by atoms with van der Waals surface area (Å²) in [6.07, 6.45) is 0. The maximum atomic E-state index is 12.2. The van der Waals surface area contributed by atoms with Crippen LogP contribution in [-0.4, -0.2) is 31.5 Å². The van der Waals surface area contributed by atoms with Crippen molar-refractivity contribution in [3.8, 4) is 5.75 Å². The summed E-state index contributed by atoms with van der Waals surface area (Å²) in [7, 11) is 3.56. The molecule has 0 heterocycles. The number of ether oxygens (including phenoxy) is 1. The van der Waals surface area contributed by atoms with Crippen molar-refractivity contribution < 1.29 is 9.53 Å². The van der Waals surface area contributed by atoms with Gasteiger partial charge in [-0.2, -0.15) is 0 Å². The minimum absolute atomic E-state index is 0.0317. The van der Waals surface area contributed by atoms with Gasteiger partial charge in [0.2, 0.25) is 5.91 Å². The molecule has 0 aliphatic carbocycles. The van der Waals surface area contributed by atoms with E-state index in [2.05, 4.69) is 21.2 Å². The highest BCUT2D eigenvalue weighted by atomic mass is 79.9. The molecule has 5 heteroatoms. The zero-order chi connectivity index (χ0) is 16.8. The predicted octanol–water partition coefficient (Wildman–Crippen LogP) is 3.84. The second-order valence-electron chi connectivity index (χ2n) is 5.49. The molecule has 0 aromatic heterocycles. The molecule has 0 saturated carbocycles. The second kappa shape index (κ2) is 8.13. The van der Waals surface area contributed by atoms with Crippen LogP contribution in [0.25, 0.3) is 0 Å². The number of methoxy groups -OCH3 is 1. The number of anilines is 1. The van der Waals surface area contributed by atoms with Crippen molar-refractivity contribution in [2.45, 2.75) is 13.5 Å². The summed E-state index contributed by atoms with van der Waals surface area (Å²) in [5.74, 6) is 0.787. The smallest absolute Gasteiger partial charge is 0.238 e. The number of hydrogen-bond donors (Lipinski definition) is 1. The average molecular weight is 377 g/mol. The second-order valence-corrected chi connectivity index (χ2v) is 6.41. The highest BCUT2D eigenvalue weighted by Gasteiger charge is 2.11. The lowest BCUT2D eigenvalue weighted by Crippen LogP contribution is -2.30. The fraction of sp³-hybridized carbons (Fsp3) is 0.278. The van der Waals surface area contributed by atoms with Crippen molar-refractivity contribution in [1.29, 1.82) is 0 Å². The Morgan fingerprint density at radius 3 is 2.70 bits per heavy atom. The van der Waals surface area contributed by atoms with Crippen LogP contribution in [0.2, 0.25) is 0 Å². The van der Waals surface area contributed by atoms with Crippen LogP contribution < -0.4 is 10.1 Å². The Kier molecular flexibility index (Phi) is 6.19. The summed E-state index contributed by atoms with van der Waals surface area (Å²) in [6, 6.07) is 13.6. The molecule has 0 saturated heterocycles. The van der Waals surface area contributed by atoms with Gasteiger partial charge in [-0.3, -0.25) is 9.69 Å². The summed E-state index contributed by atoms with van der Waals surface area (Å²) < 4.78 is 6.36.